The minimum Gasteiger partial charge on any atom is -0.368 e. The molecule has 2 N–H and O–H groups in total. The minimum absolute atomic E-state index is 0.0279. The van der Waals surface area contributed by atoms with Crippen molar-refractivity contribution in [2.45, 2.75) is 51.3 Å². The summed E-state index contributed by atoms with van der Waals surface area (Å²) in [5, 5.41) is 6.54. The molecule has 4 nitrogen and oxygen atoms in total. The number of rotatable bonds is 3. The Morgan fingerprint density at radius 2 is 2.29 bits per heavy atom. The number of carbonyl (C=O) groups is 1. The Kier molecular flexibility index (Phi) is 4.27. The van der Waals surface area contributed by atoms with Crippen LogP contribution >= 0.6 is 0 Å². The van der Waals surface area contributed by atoms with Crippen LogP contribution in [0.15, 0.2) is 18.2 Å². The van der Waals surface area contributed by atoms with E-state index in [2.05, 4.69) is 42.7 Å². The van der Waals surface area contributed by atoms with Crippen LogP contribution in [0.25, 0.3) is 0 Å². The average Bonchev–Trinajstić information content (AvgIpc) is 3.01. The highest BCUT2D eigenvalue weighted by atomic mass is 16.5. The highest BCUT2D eigenvalue weighted by Gasteiger charge is 2.28. The lowest BCUT2D eigenvalue weighted by Gasteiger charge is -2.29. The Morgan fingerprint density at radius 3 is 3.00 bits per heavy atom. The van der Waals surface area contributed by atoms with Crippen LogP contribution in [0, 0.1) is 0 Å². The molecule has 114 valence electrons. The van der Waals surface area contributed by atoms with Crippen molar-refractivity contribution in [1.82, 2.24) is 10.6 Å². The van der Waals surface area contributed by atoms with E-state index in [4.69, 9.17) is 4.74 Å². The molecule has 2 unspecified atom stereocenters. The van der Waals surface area contributed by atoms with Crippen molar-refractivity contribution in [3.8, 4) is 0 Å². The van der Waals surface area contributed by atoms with E-state index in [9.17, 15) is 4.79 Å². The van der Waals surface area contributed by atoms with Gasteiger partial charge < -0.3 is 15.4 Å². The van der Waals surface area contributed by atoms with Crippen LogP contribution < -0.4 is 10.6 Å². The maximum atomic E-state index is 12.2. The van der Waals surface area contributed by atoms with Gasteiger partial charge in [-0.15, -0.1) is 0 Å². The van der Waals surface area contributed by atoms with Crippen molar-refractivity contribution < 1.29 is 9.53 Å². The molecule has 1 fully saturated rings. The molecule has 21 heavy (non-hydrogen) atoms. The fraction of sp³-hybridized carbons (Fsp3) is 0.588. The average molecular weight is 288 g/mol. The summed E-state index contributed by atoms with van der Waals surface area (Å²) in [6.07, 6.45) is 1.56. The molecule has 0 bridgehead atoms. The number of hydrogen-bond acceptors (Lipinski definition) is 3. The Hall–Kier alpha value is -1.39. The molecule has 0 saturated carbocycles. The van der Waals surface area contributed by atoms with Gasteiger partial charge in [0.2, 0.25) is 5.91 Å². The smallest absolute Gasteiger partial charge is 0.249 e. The standard InChI is InChI=1S/C17H24N2O2/c1-11(2)12-5-6-14-13(8-12)9-18-10-15(14)19-17(20)16-4-3-7-21-16/h5-6,8,11,15-16,18H,3-4,7,9-10H2,1-2H3,(H,19,20). The summed E-state index contributed by atoms with van der Waals surface area (Å²) in [6, 6.07) is 6.66. The quantitative estimate of drug-likeness (QED) is 0.897. The van der Waals surface area contributed by atoms with Crippen LogP contribution in [0.1, 0.15) is 55.3 Å². The molecule has 0 aliphatic carbocycles. The second-order valence-corrected chi connectivity index (χ2v) is 6.31. The number of ether oxygens (including phenoxy) is 1. The first kappa shape index (κ1) is 14.5. The Balaban J connectivity index is 1.75. The zero-order valence-electron chi connectivity index (χ0n) is 12.8. The lowest BCUT2D eigenvalue weighted by atomic mass is 9.91. The molecule has 1 amide bonds. The van der Waals surface area contributed by atoms with Crippen LogP contribution in [0.5, 0.6) is 0 Å². The summed E-state index contributed by atoms with van der Waals surface area (Å²) < 4.78 is 5.46. The SMILES string of the molecule is CC(C)c1ccc2c(c1)CNCC2NC(=O)C1CCCO1. The van der Waals surface area contributed by atoms with Gasteiger partial charge in [-0.3, -0.25) is 4.79 Å². The molecule has 4 heteroatoms. The summed E-state index contributed by atoms with van der Waals surface area (Å²) in [5.41, 5.74) is 3.89. The first-order chi connectivity index (χ1) is 10.1. The van der Waals surface area contributed by atoms with Crippen LogP contribution in [0.2, 0.25) is 0 Å². The maximum Gasteiger partial charge on any atom is 0.249 e. The van der Waals surface area contributed by atoms with Gasteiger partial charge in [-0.2, -0.15) is 0 Å². The van der Waals surface area contributed by atoms with E-state index < -0.39 is 0 Å². The highest BCUT2D eigenvalue weighted by Crippen LogP contribution is 2.26. The third-order valence-electron chi connectivity index (χ3n) is 4.41. The Morgan fingerprint density at radius 1 is 1.43 bits per heavy atom. The lowest BCUT2D eigenvalue weighted by Crippen LogP contribution is -2.43. The number of nitrogens with one attached hydrogen (secondary N) is 2. The van der Waals surface area contributed by atoms with Crippen molar-refractivity contribution in [3.05, 3.63) is 34.9 Å². The van der Waals surface area contributed by atoms with Gasteiger partial charge in [-0.05, 0) is 35.4 Å². The van der Waals surface area contributed by atoms with Crippen molar-refractivity contribution in [2.75, 3.05) is 13.2 Å². The minimum atomic E-state index is -0.259. The molecule has 2 atom stereocenters. The first-order valence-corrected chi connectivity index (χ1v) is 7.90. The third-order valence-corrected chi connectivity index (χ3v) is 4.41. The van der Waals surface area contributed by atoms with E-state index in [1.54, 1.807) is 0 Å². The monoisotopic (exact) mass is 288 g/mol. The van der Waals surface area contributed by atoms with Crippen LogP contribution in [-0.4, -0.2) is 25.2 Å². The van der Waals surface area contributed by atoms with Gasteiger partial charge in [0.25, 0.3) is 0 Å². The van der Waals surface area contributed by atoms with E-state index in [-0.39, 0.29) is 18.1 Å². The van der Waals surface area contributed by atoms with Gasteiger partial charge in [-0.25, -0.2) is 0 Å². The molecule has 0 radical (unpaired) electrons. The number of fused-ring (bicyclic) bond motifs is 1. The van der Waals surface area contributed by atoms with Gasteiger partial charge in [0, 0.05) is 19.7 Å². The van der Waals surface area contributed by atoms with Crippen LogP contribution in [-0.2, 0) is 16.1 Å². The first-order valence-electron chi connectivity index (χ1n) is 7.90. The number of hydrogen-bond donors (Lipinski definition) is 2. The second kappa shape index (κ2) is 6.16. The largest absolute Gasteiger partial charge is 0.368 e. The molecule has 1 aromatic carbocycles. The molecule has 2 aliphatic heterocycles. The molecule has 2 aliphatic rings. The van der Waals surface area contributed by atoms with E-state index in [0.29, 0.717) is 12.5 Å². The molecule has 0 aromatic heterocycles. The Labute approximate surface area is 126 Å². The molecule has 1 saturated heterocycles. The zero-order valence-corrected chi connectivity index (χ0v) is 12.8. The van der Waals surface area contributed by atoms with Crippen molar-refractivity contribution in [1.29, 1.82) is 0 Å². The lowest BCUT2D eigenvalue weighted by molar-refractivity contribution is -0.130. The predicted molar refractivity (Wildman–Crippen MR) is 82.1 cm³/mol. The van der Waals surface area contributed by atoms with E-state index in [0.717, 1.165) is 25.9 Å². The number of amides is 1. The summed E-state index contributed by atoms with van der Waals surface area (Å²) in [5.74, 6) is 0.553. The summed E-state index contributed by atoms with van der Waals surface area (Å²) in [6.45, 7) is 6.77. The van der Waals surface area contributed by atoms with Crippen LogP contribution in [0.4, 0.5) is 0 Å². The van der Waals surface area contributed by atoms with Gasteiger partial charge in [0.1, 0.15) is 6.10 Å². The van der Waals surface area contributed by atoms with Crippen molar-refractivity contribution in [3.63, 3.8) is 0 Å². The molecule has 3 rings (SSSR count). The van der Waals surface area contributed by atoms with Gasteiger partial charge in [-0.1, -0.05) is 32.0 Å². The van der Waals surface area contributed by atoms with E-state index in [1.165, 1.54) is 16.7 Å². The van der Waals surface area contributed by atoms with Gasteiger partial charge in [0.15, 0.2) is 0 Å². The Bertz CT molecular complexity index is 522. The van der Waals surface area contributed by atoms with Crippen molar-refractivity contribution in [2.24, 2.45) is 0 Å². The normalized spacial score (nSPS) is 24.9. The van der Waals surface area contributed by atoms with Gasteiger partial charge in [0.05, 0.1) is 6.04 Å². The summed E-state index contributed by atoms with van der Waals surface area (Å²) in [7, 11) is 0. The second-order valence-electron chi connectivity index (χ2n) is 6.31. The molecular formula is C17H24N2O2. The molecule has 2 heterocycles. The number of carbonyl (C=O) groups excluding carboxylic acids is 1. The third kappa shape index (κ3) is 3.11. The fourth-order valence-corrected chi connectivity index (χ4v) is 3.12. The van der Waals surface area contributed by atoms with E-state index >= 15 is 0 Å². The van der Waals surface area contributed by atoms with Crippen molar-refractivity contribution >= 4 is 5.91 Å². The predicted octanol–water partition coefficient (Wildman–Crippen LogP) is 2.25. The topological polar surface area (TPSA) is 50.4 Å². The molecule has 1 aromatic rings. The summed E-state index contributed by atoms with van der Waals surface area (Å²) in [4.78, 5) is 12.2. The maximum absolute atomic E-state index is 12.2. The van der Waals surface area contributed by atoms with Crippen LogP contribution in [0.3, 0.4) is 0 Å². The molecular weight excluding hydrogens is 264 g/mol. The highest BCUT2D eigenvalue weighted by molar-refractivity contribution is 5.81. The zero-order chi connectivity index (χ0) is 14.8. The fourth-order valence-electron chi connectivity index (χ4n) is 3.12. The van der Waals surface area contributed by atoms with E-state index in [1.807, 2.05) is 0 Å². The van der Waals surface area contributed by atoms with Gasteiger partial charge >= 0.3 is 0 Å². The summed E-state index contributed by atoms with van der Waals surface area (Å²) >= 11 is 0. The number of benzene rings is 1. The molecule has 0 spiro atoms.